The molecule has 0 atom stereocenters. The molecule has 0 aromatic rings. The average molecular weight is 419 g/mol. The molecule has 0 aliphatic carbocycles. The first-order valence-electron chi connectivity index (χ1n) is 13.1. The van der Waals surface area contributed by atoms with Crippen molar-refractivity contribution >= 4 is 7.26 Å². The summed E-state index contributed by atoms with van der Waals surface area (Å²) in [6.45, 7) is 9.47. The summed E-state index contributed by atoms with van der Waals surface area (Å²) in [5.41, 5.74) is 0. The summed E-state index contributed by atoms with van der Waals surface area (Å²) in [6.07, 6.45) is 33.0. The molecule has 0 aliphatic rings. The molecule has 172 valence electrons. The van der Waals surface area contributed by atoms with E-state index in [9.17, 15) is 0 Å². The molecule has 0 radical (unpaired) electrons. The maximum absolute atomic E-state index is 2.39. The van der Waals surface area contributed by atoms with Crippen molar-refractivity contribution in [2.24, 2.45) is 0 Å². The van der Waals surface area contributed by atoms with Crippen molar-refractivity contribution < 1.29 is 4.70 Å². The smallest absolute Gasteiger partial charge is 0.0594 e. The van der Waals surface area contributed by atoms with Gasteiger partial charge in [-0.05, 0) is 32.1 Å². The van der Waals surface area contributed by atoms with Crippen molar-refractivity contribution in [2.45, 2.75) is 143 Å². The van der Waals surface area contributed by atoms with Crippen molar-refractivity contribution in [3.05, 3.63) is 0 Å². The van der Waals surface area contributed by atoms with E-state index in [1.807, 2.05) is 0 Å². The van der Waals surface area contributed by atoms with Gasteiger partial charge in [0, 0.05) is 7.26 Å². The lowest BCUT2D eigenvalue weighted by atomic mass is 10.1. The van der Waals surface area contributed by atoms with E-state index in [0.29, 0.717) is 0 Å². The summed E-state index contributed by atoms with van der Waals surface area (Å²) in [7, 11) is -0.626. The molecule has 0 amide bonds. The third-order valence-corrected chi connectivity index (χ3v) is 11.5. The molecule has 0 nitrogen and oxygen atoms in total. The van der Waals surface area contributed by atoms with Gasteiger partial charge in [-0.15, -0.1) is 0 Å². The molecular weight excluding hydrogens is 362 g/mol. The Morgan fingerprint density at radius 3 is 0.893 bits per heavy atom. The van der Waals surface area contributed by atoms with E-state index in [1.54, 1.807) is 31.1 Å². The van der Waals surface area contributed by atoms with Crippen LogP contribution in [0.4, 0.5) is 0 Å². The van der Waals surface area contributed by atoms with Crippen LogP contribution in [0.2, 0.25) is 0 Å². The number of unbranched alkanes of at least 4 members (excludes halogenated alkanes) is 14. The Hall–Kier alpha value is 0.360. The Kier molecular flexibility index (Phi) is 25.8. The Labute approximate surface area is 180 Å². The van der Waals surface area contributed by atoms with E-state index in [0.717, 1.165) is 0 Å². The first kappa shape index (κ1) is 30.6. The van der Waals surface area contributed by atoms with Crippen LogP contribution in [0.15, 0.2) is 0 Å². The molecule has 0 aliphatic heterocycles. The second-order valence-corrected chi connectivity index (χ2v) is 13.7. The maximum atomic E-state index is 2.39. The summed E-state index contributed by atoms with van der Waals surface area (Å²) in [5, 5.41) is 0. The van der Waals surface area contributed by atoms with Crippen molar-refractivity contribution in [2.75, 3.05) is 24.6 Å². The van der Waals surface area contributed by atoms with Crippen molar-refractivity contribution in [1.29, 1.82) is 0 Å². The minimum absolute atomic E-state index is 0. The van der Waals surface area contributed by atoms with Crippen LogP contribution in [0.1, 0.15) is 143 Å². The summed E-state index contributed by atoms with van der Waals surface area (Å²) in [5.74, 6) is 0. The molecular formula is C26H56FP. The molecule has 0 aromatic heterocycles. The Morgan fingerprint density at radius 1 is 0.321 bits per heavy atom. The molecule has 0 saturated carbocycles. The summed E-state index contributed by atoms with van der Waals surface area (Å²) in [4.78, 5) is 0. The fourth-order valence-electron chi connectivity index (χ4n) is 4.44. The standard InChI is InChI=1S/C26H56P.FH/c1-5-9-13-14-15-16-17-18-19-20-21-22-26-27(23-10-6-2,24-11-7-3)25-12-8-4;/h5-26H2,1-4H3;1H/q+1;/p-1. The SMILES string of the molecule is CCCCCCCCCCCCCC[P+](CCCC)(CCCC)CCCC.[F-]. The van der Waals surface area contributed by atoms with Crippen LogP contribution in [-0.4, -0.2) is 24.6 Å². The van der Waals surface area contributed by atoms with Crippen LogP contribution >= 0.6 is 7.26 Å². The highest BCUT2D eigenvalue weighted by Gasteiger charge is 2.34. The van der Waals surface area contributed by atoms with Gasteiger partial charge in [0.1, 0.15) is 0 Å². The van der Waals surface area contributed by atoms with Gasteiger partial charge in [0.2, 0.25) is 0 Å². The molecule has 0 unspecified atom stereocenters. The number of hydrogen-bond donors (Lipinski definition) is 0. The second kappa shape index (κ2) is 23.6. The van der Waals surface area contributed by atoms with Crippen LogP contribution in [0.25, 0.3) is 0 Å². The fraction of sp³-hybridized carbons (Fsp3) is 1.00. The molecule has 0 saturated heterocycles. The van der Waals surface area contributed by atoms with Gasteiger partial charge in [-0.3, -0.25) is 0 Å². The molecule has 0 heterocycles. The maximum Gasteiger partial charge on any atom is 0.0594 e. The average Bonchev–Trinajstić information content (AvgIpc) is 2.69. The largest absolute Gasteiger partial charge is 1.00 e. The second-order valence-electron chi connectivity index (χ2n) is 9.19. The minimum Gasteiger partial charge on any atom is -1.00 e. The van der Waals surface area contributed by atoms with Crippen LogP contribution in [0.3, 0.4) is 0 Å². The van der Waals surface area contributed by atoms with Gasteiger partial charge in [0.25, 0.3) is 0 Å². The van der Waals surface area contributed by atoms with E-state index >= 15 is 0 Å². The number of halogens is 1. The van der Waals surface area contributed by atoms with E-state index in [2.05, 4.69) is 27.7 Å². The van der Waals surface area contributed by atoms with E-state index in [-0.39, 0.29) is 4.70 Å². The van der Waals surface area contributed by atoms with Crippen molar-refractivity contribution in [3.63, 3.8) is 0 Å². The predicted octanol–water partition coefficient (Wildman–Crippen LogP) is 7.11. The highest BCUT2D eigenvalue weighted by atomic mass is 31.2. The lowest BCUT2D eigenvalue weighted by Gasteiger charge is -2.28. The van der Waals surface area contributed by atoms with Crippen LogP contribution < -0.4 is 4.70 Å². The molecule has 0 bridgehead atoms. The first-order chi connectivity index (χ1) is 13.2. The quantitative estimate of drug-likeness (QED) is 0.130. The lowest BCUT2D eigenvalue weighted by molar-refractivity contribution is -0.00000623. The van der Waals surface area contributed by atoms with Gasteiger partial charge >= 0.3 is 0 Å². The van der Waals surface area contributed by atoms with Crippen LogP contribution in [0.5, 0.6) is 0 Å². The van der Waals surface area contributed by atoms with E-state index in [4.69, 9.17) is 0 Å². The van der Waals surface area contributed by atoms with E-state index in [1.165, 1.54) is 109 Å². The third-order valence-electron chi connectivity index (χ3n) is 6.44. The summed E-state index contributed by atoms with van der Waals surface area (Å²) in [6, 6.07) is 0. The predicted molar refractivity (Wildman–Crippen MR) is 132 cm³/mol. The van der Waals surface area contributed by atoms with Crippen LogP contribution in [0, 0.1) is 0 Å². The highest BCUT2D eigenvalue weighted by Crippen LogP contribution is 2.61. The lowest BCUT2D eigenvalue weighted by Crippen LogP contribution is -3.00. The summed E-state index contributed by atoms with van der Waals surface area (Å²) >= 11 is 0. The Balaban J connectivity index is 0. The zero-order chi connectivity index (χ0) is 20.1. The first-order valence-corrected chi connectivity index (χ1v) is 15.6. The zero-order valence-corrected chi connectivity index (χ0v) is 21.3. The molecule has 2 heteroatoms. The molecule has 0 rings (SSSR count). The molecule has 28 heavy (non-hydrogen) atoms. The monoisotopic (exact) mass is 418 g/mol. The van der Waals surface area contributed by atoms with E-state index < -0.39 is 7.26 Å². The van der Waals surface area contributed by atoms with Gasteiger partial charge in [0.05, 0.1) is 24.6 Å². The molecule has 0 N–H and O–H groups in total. The zero-order valence-electron chi connectivity index (χ0n) is 20.4. The van der Waals surface area contributed by atoms with Crippen LogP contribution in [-0.2, 0) is 0 Å². The van der Waals surface area contributed by atoms with Gasteiger partial charge in [0.15, 0.2) is 0 Å². The van der Waals surface area contributed by atoms with Gasteiger partial charge in [-0.2, -0.15) is 0 Å². The fourth-order valence-corrected chi connectivity index (χ4v) is 9.64. The molecule has 0 fully saturated rings. The van der Waals surface area contributed by atoms with Gasteiger partial charge in [-0.1, -0.05) is 111 Å². The third kappa shape index (κ3) is 18.4. The normalized spacial score (nSPS) is 11.6. The minimum atomic E-state index is -0.626. The summed E-state index contributed by atoms with van der Waals surface area (Å²) < 4.78 is 0. The number of rotatable bonds is 22. The van der Waals surface area contributed by atoms with Crippen molar-refractivity contribution in [1.82, 2.24) is 0 Å². The molecule has 0 spiro atoms. The Morgan fingerprint density at radius 2 is 0.571 bits per heavy atom. The van der Waals surface area contributed by atoms with Gasteiger partial charge in [-0.25, -0.2) is 0 Å². The molecule has 0 aromatic carbocycles. The Bertz CT molecular complexity index is 258. The number of hydrogen-bond acceptors (Lipinski definition) is 0. The highest BCUT2D eigenvalue weighted by molar-refractivity contribution is 7.75. The topological polar surface area (TPSA) is 0 Å². The van der Waals surface area contributed by atoms with Gasteiger partial charge < -0.3 is 4.70 Å². The van der Waals surface area contributed by atoms with Crippen molar-refractivity contribution in [3.8, 4) is 0 Å².